The number of carbonyl (C=O) groups is 3. The van der Waals surface area contributed by atoms with E-state index in [1.165, 1.54) is 33.5 Å². The Morgan fingerprint density at radius 1 is 0.811 bits per heavy atom. The zero-order chi connectivity index (χ0) is 26.9. The first-order valence-corrected chi connectivity index (χ1v) is 11.2. The summed E-state index contributed by atoms with van der Waals surface area (Å²) in [4.78, 5) is 37.1. The van der Waals surface area contributed by atoms with Crippen molar-refractivity contribution in [2.24, 2.45) is 5.10 Å². The van der Waals surface area contributed by atoms with Crippen LogP contribution in [0.25, 0.3) is 0 Å². The van der Waals surface area contributed by atoms with Gasteiger partial charge >= 0.3 is 17.8 Å². The van der Waals surface area contributed by atoms with E-state index in [2.05, 4.69) is 15.8 Å². The van der Waals surface area contributed by atoms with Gasteiger partial charge in [0.1, 0.15) is 11.5 Å². The maximum atomic E-state index is 12.5. The van der Waals surface area contributed by atoms with E-state index in [1.807, 2.05) is 0 Å². The number of hydrazone groups is 1. The normalized spacial score (nSPS) is 10.8. The van der Waals surface area contributed by atoms with E-state index < -0.39 is 17.8 Å². The third-order valence-electron chi connectivity index (χ3n) is 5.06. The van der Waals surface area contributed by atoms with Crippen LogP contribution in [0.1, 0.15) is 22.8 Å². The van der Waals surface area contributed by atoms with Crippen LogP contribution in [0.2, 0.25) is 5.02 Å². The van der Waals surface area contributed by atoms with Crippen molar-refractivity contribution in [3.63, 3.8) is 0 Å². The first-order valence-electron chi connectivity index (χ1n) is 10.8. The second-order valence-corrected chi connectivity index (χ2v) is 7.80. The third kappa shape index (κ3) is 6.77. The number of methoxy groups -OCH3 is 3. The Hall–Kier alpha value is -4.57. The number of rotatable bonds is 8. The Morgan fingerprint density at radius 2 is 1.51 bits per heavy atom. The molecule has 2 N–H and O–H groups in total. The fourth-order valence-electron chi connectivity index (χ4n) is 3.10. The minimum absolute atomic E-state index is 0.166. The Morgan fingerprint density at radius 3 is 2.19 bits per heavy atom. The van der Waals surface area contributed by atoms with Gasteiger partial charge in [0.05, 0.1) is 43.3 Å². The number of amides is 2. The van der Waals surface area contributed by atoms with E-state index in [9.17, 15) is 14.4 Å². The lowest BCUT2D eigenvalue weighted by atomic mass is 10.1. The van der Waals surface area contributed by atoms with Gasteiger partial charge in [-0.3, -0.25) is 9.59 Å². The van der Waals surface area contributed by atoms with Crippen LogP contribution >= 0.6 is 11.6 Å². The molecule has 3 aromatic rings. The summed E-state index contributed by atoms with van der Waals surface area (Å²) in [6, 6.07) is 16.0. The smallest absolute Gasteiger partial charge is 0.345 e. The molecule has 3 aromatic carbocycles. The predicted octanol–water partition coefficient (Wildman–Crippen LogP) is 4.06. The highest BCUT2D eigenvalue weighted by Gasteiger charge is 2.18. The molecule has 0 aliphatic rings. The number of ether oxygens (including phenoxy) is 4. The maximum absolute atomic E-state index is 12.5. The summed E-state index contributed by atoms with van der Waals surface area (Å²) in [6.07, 6.45) is 0. The quantitative estimate of drug-likeness (QED) is 0.149. The molecule has 2 amide bonds. The molecular weight excluding hydrogens is 502 g/mol. The third-order valence-corrected chi connectivity index (χ3v) is 5.39. The maximum Gasteiger partial charge on any atom is 0.345 e. The number of anilines is 1. The van der Waals surface area contributed by atoms with Gasteiger partial charge in [0.2, 0.25) is 0 Å². The van der Waals surface area contributed by atoms with Gasteiger partial charge in [-0.15, -0.1) is 0 Å². The zero-order valence-electron chi connectivity index (χ0n) is 20.5. The van der Waals surface area contributed by atoms with Crippen LogP contribution in [-0.4, -0.2) is 44.8 Å². The number of hydrogen-bond donors (Lipinski definition) is 2. The summed E-state index contributed by atoms with van der Waals surface area (Å²) in [5, 5.41) is 6.70. The van der Waals surface area contributed by atoms with E-state index in [0.29, 0.717) is 22.8 Å². The fourth-order valence-corrected chi connectivity index (χ4v) is 3.31. The molecule has 11 heteroatoms. The van der Waals surface area contributed by atoms with Gasteiger partial charge in [0, 0.05) is 11.6 Å². The Balaban J connectivity index is 1.69. The highest BCUT2D eigenvalue weighted by atomic mass is 35.5. The van der Waals surface area contributed by atoms with Gasteiger partial charge in [-0.05, 0) is 49.4 Å². The van der Waals surface area contributed by atoms with E-state index in [1.54, 1.807) is 55.5 Å². The standard InChI is InChI=1S/C26H24ClN3O7/c1-15(29-30-25(32)24(31)28-20-14-17(34-2)10-12-21(20)35-3)16-9-11-22(23(13-16)36-4)37-26(33)18-7-5-6-8-19(18)27/h5-14H,1-4H3,(H,28,31)(H,30,32). The highest BCUT2D eigenvalue weighted by molar-refractivity contribution is 6.39. The second kappa shape index (κ2) is 12.4. The molecule has 0 unspecified atom stereocenters. The summed E-state index contributed by atoms with van der Waals surface area (Å²) in [5.41, 5.74) is 3.58. The summed E-state index contributed by atoms with van der Waals surface area (Å²) in [6.45, 7) is 1.62. The number of esters is 1. The molecule has 0 saturated heterocycles. The summed E-state index contributed by atoms with van der Waals surface area (Å²) >= 11 is 6.06. The van der Waals surface area contributed by atoms with Crippen LogP contribution in [0.15, 0.2) is 65.8 Å². The highest BCUT2D eigenvalue weighted by Crippen LogP contribution is 2.30. The lowest BCUT2D eigenvalue weighted by molar-refractivity contribution is -0.136. The molecule has 0 atom stereocenters. The molecule has 192 valence electrons. The van der Waals surface area contributed by atoms with Crippen molar-refractivity contribution in [1.29, 1.82) is 0 Å². The lowest BCUT2D eigenvalue weighted by Crippen LogP contribution is -2.33. The van der Waals surface area contributed by atoms with Crippen LogP contribution < -0.4 is 29.7 Å². The van der Waals surface area contributed by atoms with Crippen molar-refractivity contribution < 1.29 is 33.3 Å². The van der Waals surface area contributed by atoms with Gasteiger partial charge in [-0.1, -0.05) is 23.7 Å². The number of halogens is 1. The minimum atomic E-state index is -0.999. The summed E-state index contributed by atoms with van der Waals surface area (Å²) < 4.78 is 21.1. The molecule has 0 bridgehead atoms. The Bertz CT molecular complexity index is 1360. The van der Waals surface area contributed by atoms with Crippen LogP contribution in [0.5, 0.6) is 23.0 Å². The van der Waals surface area contributed by atoms with E-state index >= 15 is 0 Å². The molecule has 37 heavy (non-hydrogen) atoms. The van der Waals surface area contributed by atoms with E-state index in [4.69, 9.17) is 30.5 Å². The molecule has 3 rings (SSSR count). The van der Waals surface area contributed by atoms with Gasteiger partial charge in [-0.25, -0.2) is 10.2 Å². The van der Waals surface area contributed by atoms with Crippen molar-refractivity contribution in [3.8, 4) is 23.0 Å². The largest absolute Gasteiger partial charge is 0.497 e. The zero-order valence-corrected chi connectivity index (χ0v) is 21.2. The SMILES string of the molecule is COc1ccc(OC)c(NC(=O)C(=O)NN=C(C)c2ccc(OC(=O)c3ccccc3Cl)c(OC)c2)c1. The number of carbonyl (C=O) groups excluding carboxylic acids is 3. The summed E-state index contributed by atoms with van der Waals surface area (Å²) in [5.74, 6) is -1.36. The topological polar surface area (TPSA) is 125 Å². The van der Waals surface area contributed by atoms with Crippen LogP contribution in [0.4, 0.5) is 5.69 Å². The number of hydrogen-bond acceptors (Lipinski definition) is 8. The van der Waals surface area contributed by atoms with Crippen molar-refractivity contribution in [2.45, 2.75) is 6.92 Å². The first-order chi connectivity index (χ1) is 17.8. The molecule has 0 aliphatic heterocycles. The minimum Gasteiger partial charge on any atom is -0.497 e. The fraction of sp³-hybridized carbons (Fsp3) is 0.154. The monoisotopic (exact) mass is 525 g/mol. The van der Waals surface area contributed by atoms with Crippen LogP contribution in [0.3, 0.4) is 0 Å². The van der Waals surface area contributed by atoms with Crippen molar-refractivity contribution >= 4 is 40.8 Å². The van der Waals surface area contributed by atoms with Gasteiger partial charge in [0.25, 0.3) is 0 Å². The predicted molar refractivity (Wildman–Crippen MR) is 138 cm³/mol. The number of nitrogens with zero attached hydrogens (tertiary/aromatic N) is 1. The molecule has 0 saturated carbocycles. The van der Waals surface area contributed by atoms with Gasteiger partial charge in [0.15, 0.2) is 11.5 Å². The number of benzene rings is 3. The lowest BCUT2D eigenvalue weighted by Gasteiger charge is -2.12. The number of nitrogens with one attached hydrogen (secondary N) is 2. The van der Waals surface area contributed by atoms with Gasteiger partial charge in [-0.2, -0.15) is 5.10 Å². The molecule has 10 nitrogen and oxygen atoms in total. The van der Waals surface area contributed by atoms with E-state index in [-0.39, 0.29) is 27.8 Å². The van der Waals surface area contributed by atoms with E-state index in [0.717, 1.165) is 0 Å². The Kier molecular flexibility index (Phi) is 9.06. The molecule has 0 spiro atoms. The molecule has 0 heterocycles. The van der Waals surface area contributed by atoms with Gasteiger partial charge < -0.3 is 24.3 Å². The average Bonchev–Trinajstić information content (AvgIpc) is 2.91. The summed E-state index contributed by atoms with van der Waals surface area (Å²) in [7, 11) is 4.32. The van der Waals surface area contributed by atoms with Crippen LogP contribution in [-0.2, 0) is 9.59 Å². The first kappa shape index (κ1) is 27.0. The van der Waals surface area contributed by atoms with Crippen molar-refractivity contribution in [2.75, 3.05) is 26.6 Å². The Labute approximate surface area is 218 Å². The molecule has 0 aromatic heterocycles. The van der Waals surface area contributed by atoms with Crippen molar-refractivity contribution in [1.82, 2.24) is 5.43 Å². The molecular formula is C26H24ClN3O7. The molecule has 0 fully saturated rings. The molecule has 0 aliphatic carbocycles. The second-order valence-electron chi connectivity index (χ2n) is 7.39. The van der Waals surface area contributed by atoms with Crippen LogP contribution in [0, 0.1) is 0 Å². The molecule has 0 radical (unpaired) electrons. The average molecular weight is 526 g/mol. The van der Waals surface area contributed by atoms with Crippen molar-refractivity contribution in [3.05, 3.63) is 76.8 Å².